The number of hydrogen-bond acceptors (Lipinski definition) is 4. The zero-order valence-electron chi connectivity index (χ0n) is 7.37. The zero-order valence-corrected chi connectivity index (χ0v) is 8.96. The highest BCUT2D eigenvalue weighted by atomic mass is 79.9. The SMILES string of the molecule is CCc1nonc1NC(=O)C(C)Br. The average molecular weight is 248 g/mol. The van der Waals surface area contributed by atoms with Gasteiger partial charge in [0.15, 0.2) is 0 Å². The molecule has 1 heterocycles. The summed E-state index contributed by atoms with van der Waals surface area (Å²) < 4.78 is 4.49. The Morgan fingerprint density at radius 3 is 2.92 bits per heavy atom. The summed E-state index contributed by atoms with van der Waals surface area (Å²) in [5.74, 6) is 0.240. The van der Waals surface area contributed by atoms with Crippen molar-refractivity contribution in [3.05, 3.63) is 5.69 Å². The normalized spacial score (nSPS) is 12.5. The van der Waals surface area contributed by atoms with E-state index in [-0.39, 0.29) is 10.7 Å². The fourth-order valence-electron chi connectivity index (χ4n) is 0.750. The van der Waals surface area contributed by atoms with Crippen molar-refractivity contribution < 1.29 is 9.42 Å². The van der Waals surface area contributed by atoms with Crippen molar-refractivity contribution in [2.75, 3.05) is 5.32 Å². The molecular weight excluding hydrogens is 238 g/mol. The van der Waals surface area contributed by atoms with Crippen molar-refractivity contribution in [3.8, 4) is 0 Å². The molecular formula is C7H10BrN3O2. The molecule has 1 unspecified atom stereocenters. The van der Waals surface area contributed by atoms with Crippen molar-refractivity contribution in [1.29, 1.82) is 0 Å². The minimum Gasteiger partial charge on any atom is -0.305 e. The maximum Gasteiger partial charge on any atom is 0.239 e. The van der Waals surface area contributed by atoms with E-state index in [2.05, 4.69) is 36.2 Å². The Bertz CT molecular complexity index is 298. The molecule has 5 nitrogen and oxygen atoms in total. The Labute approximate surface area is 84.0 Å². The third kappa shape index (κ3) is 2.51. The molecule has 13 heavy (non-hydrogen) atoms. The summed E-state index contributed by atoms with van der Waals surface area (Å²) in [6, 6.07) is 0. The summed E-state index contributed by atoms with van der Waals surface area (Å²) in [7, 11) is 0. The number of halogens is 1. The largest absolute Gasteiger partial charge is 0.305 e. The standard InChI is InChI=1S/C7H10BrN3O2/c1-3-5-6(11-13-10-5)9-7(12)4(2)8/h4H,3H2,1-2H3,(H,9,11,12). The molecule has 0 radical (unpaired) electrons. The number of rotatable bonds is 3. The molecule has 0 bridgehead atoms. The van der Waals surface area contributed by atoms with Crippen molar-refractivity contribution in [1.82, 2.24) is 10.3 Å². The number of amides is 1. The minimum absolute atomic E-state index is 0.162. The lowest BCUT2D eigenvalue weighted by molar-refractivity contribution is -0.115. The van der Waals surface area contributed by atoms with Crippen LogP contribution in [0.3, 0.4) is 0 Å². The quantitative estimate of drug-likeness (QED) is 0.820. The smallest absolute Gasteiger partial charge is 0.239 e. The number of anilines is 1. The second-order valence-electron chi connectivity index (χ2n) is 2.52. The molecule has 1 amide bonds. The first kappa shape index (κ1) is 10.2. The van der Waals surface area contributed by atoms with Crippen LogP contribution in [-0.2, 0) is 11.2 Å². The first-order valence-electron chi connectivity index (χ1n) is 3.91. The van der Waals surface area contributed by atoms with Gasteiger partial charge in [0.05, 0.1) is 4.83 Å². The van der Waals surface area contributed by atoms with Gasteiger partial charge in [-0.1, -0.05) is 28.0 Å². The number of hydrogen-bond donors (Lipinski definition) is 1. The van der Waals surface area contributed by atoms with E-state index >= 15 is 0 Å². The highest BCUT2D eigenvalue weighted by Crippen LogP contribution is 2.11. The maximum absolute atomic E-state index is 11.2. The monoisotopic (exact) mass is 247 g/mol. The maximum atomic E-state index is 11.2. The van der Waals surface area contributed by atoms with E-state index in [0.29, 0.717) is 17.9 Å². The van der Waals surface area contributed by atoms with Gasteiger partial charge in [0.1, 0.15) is 5.69 Å². The molecule has 1 rings (SSSR count). The van der Waals surface area contributed by atoms with Gasteiger partial charge in [-0.2, -0.15) is 0 Å². The van der Waals surface area contributed by atoms with Crippen molar-refractivity contribution >= 4 is 27.7 Å². The predicted molar refractivity (Wildman–Crippen MR) is 50.7 cm³/mol. The molecule has 1 N–H and O–H groups in total. The number of carbonyl (C=O) groups excluding carboxylic acids is 1. The lowest BCUT2D eigenvalue weighted by atomic mass is 10.3. The van der Waals surface area contributed by atoms with E-state index in [0.717, 1.165) is 0 Å². The molecule has 0 spiro atoms. The van der Waals surface area contributed by atoms with E-state index in [9.17, 15) is 4.79 Å². The Kier molecular flexibility index (Phi) is 3.41. The van der Waals surface area contributed by atoms with Gasteiger partial charge in [0.2, 0.25) is 11.7 Å². The molecule has 72 valence electrons. The highest BCUT2D eigenvalue weighted by Gasteiger charge is 2.14. The van der Waals surface area contributed by atoms with Gasteiger partial charge in [0.25, 0.3) is 0 Å². The van der Waals surface area contributed by atoms with E-state index in [1.807, 2.05) is 6.92 Å². The van der Waals surface area contributed by atoms with Crippen LogP contribution in [0.5, 0.6) is 0 Å². The number of aryl methyl sites for hydroxylation is 1. The second kappa shape index (κ2) is 4.36. The van der Waals surface area contributed by atoms with Gasteiger partial charge >= 0.3 is 0 Å². The summed E-state index contributed by atoms with van der Waals surface area (Å²) in [4.78, 5) is 11.0. The zero-order chi connectivity index (χ0) is 9.84. The van der Waals surface area contributed by atoms with E-state index in [1.165, 1.54) is 0 Å². The molecule has 0 saturated heterocycles. The first-order chi connectivity index (χ1) is 6.15. The van der Waals surface area contributed by atoms with E-state index < -0.39 is 0 Å². The van der Waals surface area contributed by atoms with Gasteiger partial charge in [0, 0.05) is 0 Å². The third-order valence-corrected chi connectivity index (χ3v) is 1.91. The minimum atomic E-state index is -0.256. The molecule has 0 saturated carbocycles. The molecule has 1 atom stereocenters. The van der Waals surface area contributed by atoms with Crippen molar-refractivity contribution in [2.45, 2.75) is 25.1 Å². The second-order valence-corrected chi connectivity index (χ2v) is 3.89. The molecule has 0 aromatic carbocycles. The number of aromatic nitrogens is 2. The summed E-state index contributed by atoms with van der Waals surface area (Å²) in [5, 5.41) is 9.79. The van der Waals surface area contributed by atoms with Crippen molar-refractivity contribution in [2.24, 2.45) is 0 Å². The average Bonchev–Trinajstić information content (AvgIpc) is 2.51. The summed E-state index contributed by atoms with van der Waals surface area (Å²) in [5.41, 5.74) is 0.654. The fraction of sp³-hybridized carbons (Fsp3) is 0.571. The molecule has 0 aliphatic rings. The highest BCUT2D eigenvalue weighted by molar-refractivity contribution is 9.10. The van der Waals surface area contributed by atoms with Crippen LogP contribution in [0.1, 0.15) is 19.5 Å². The molecule has 6 heteroatoms. The van der Waals surface area contributed by atoms with Gasteiger partial charge in [-0.3, -0.25) is 4.79 Å². The van der Waals surface area contributed by atoms with E-state index in [4.69, 9.17) is 0 Å². The van der Waals surface area contributed by atoms with Crippen LogP contribution in [0, 0.1) is 0 Å². The van der Waals surface area contributed by atoms with Crippen molar-refractivity contribution in [3.63, 3.8) is 0 Å². The predicted octanol–water partition coefficient (Wildman–Crippen LogP) is 1.35. The van der Waals surface area contributed by atoms with Crippen LogP contribution in [-0.4, -0.2) is 21.0 Å². The van der Waals surface area contributed by atoms with Crippen LogP contribution in [0.25, 0.3) is 0 Å². The number of nitrogens with one attached hydrogen (secondary N) is 1. The van der Waals surface area contributed by atoms with Gasteiger partial charge in [-0.25, -0.2) is 4.63 Å². The van der Waals surface area contributed by atoms with Crippen LogP contribution >= 0.6 is 15.9 Å². The number of carbonyl (C=O) groups is 1. The van der Waals surface area contributed by atoms with E-state index in [1.54, 1.807) is 6.92 Å². The number of alkyl halides is 1. The molecule has 1 aromatic heterocycles. The van der Waals surface area contributed by atoms with Gasteiger partial charge in [-0.05, 0) is 18.5 Å². The Morgan fingerprint density at radius 2 is 2.38 bits per heavy atom. The van der Waals surface area contributed by atoms with Crippen LogP contribution in [0.4, 0.5) is 5.82 Å². The van der Waals surface area contributed by atoms with Crippen LogP contribution < -0.4 is 5.32 Å². The molecule has 1 aromatic rings. The fourth-order valence-corrected chi connectivity index (χ4v) is 0.864. The van der Waals surface area contributed by atoms with Crippen LogP contribution in [0.2, 0.25) is 0 Å². The number of nitrogens with zero attached hydrogens (tertiary/aromatic N) is 2. The molecule has 0 fully saturated rings. The molecule has 0 aliphatic carbocycles. The van der Waals surface area contributed by atoms with Crippen LogP contribution in [0.15, 0.2) is 4.63 Å². The lowest BCUT2D eigenvalue weighted by Gasteiger charge is -2.02. The third-order valence-electron chi connectivity index (χ3n) is 1.49. The first-order valence-corrected chi connectivity index (χ1v) is 4.83. The Balaban J connectivity index is 2.68. The summed E-state index contributed by atoms with van der Waals surface area (Å²) in [6.45, 7) is 3.64. The summed E-state index contributed by atoms with van der Waals surface area (Å²) >= 11 is 3.14. The summed E-state index contributed by atoms with van der Waals surface area (Å²) in [6.07, 6.45) is 0.676. The Morgan fingerprint density at radius 1 is 1.69 bits per heavy atom. The van der Waals surface area contributed by atoms with Gasteiger partial charge < -0.3 is 5.32 Å². The topological polar surface area (TPSA) is 68.0 Å². The molecule has 0 aliphatic heterocycles. The van der Waals surface area contributed by atoms with Gasteiger partial charge in [-0.15, -0.1) is 0 Å². The Hall–Kier alpha value is -0.910. The lowest BCUT2D eigenvalue weighted by Crippen LogP contribution is -2.20.